The minimum absolute atomic E-state index is 0.553. The lowest BCUT2D eigenvalue weighted by atomic mass is 10.3. The third-order valence-corrected chi connectivity index (χ3v) is 2.74. The molecule has 0 fully saturated rings. The van der Waals surface area contributed by atoms with Gasteiger partial charge in [0, 0.05) is 18.1 Å². The fraction of sp³-hybridized carbons (Fsp3) is 0.417. The molecule has 0 aliphatic carbocycles. The summed E-state index contributed by atoms with van der Waals surface area (Å²) in [7, 11) is 5.63. The molecule has 0 bridgehead atoms. The molecule has 100 valence electrons. The third-order valence-electron chi connectivity index (χ3n) is 2.25. The number of benzene rings is 1. The predicted molar refractivity (Wildman–Crippen MR) is 80.8 cm³/mol. The molecule has 0 amide bonds. The highest BCUT2D eigenvalue weighted by Gasteiger charge is 2.05. The highest BCUT2D eigenvalue weighted by Crippen LogP contribution is 2.27. The number of methoxy groups -OCH3 is 1. The van der Waals surface area contributed by atoms with E-state index in [0.29, 0.717) is 15.9 Å². The topological polar surface area (TPSA) is 36.5 Å². The second-order valence-corrected chi connectivity index (χ2v) is 4.87. The molecule has 1 aromatic rings. The molecule has 0 heterocycles. The molecular weight excluding hydrogens is 270 g/mol. The zero-order valence-electron chi connectivity index (χ0n) is 10.8. The number of nitrogens with one attached hydrogen (secondary N) is 2. The van der Waals surface area contributed by atoms with Gasteiger partial charge in [-0.25, -0.2) is 0 Å². The number of nitrogens with zero attached hydrogens (tertiary/aromatic N) is 1. The summed E-state index contributed by atoms with van der Waals surface area (Å²) in [6.07, 6.45) is 0. The summed E-state index contributed by atoms with van der Waals surface area (Å²) in [5, 5.41) is 7.37. The Kier molecular flexibility index (Phi) is 6.18. The van der Waals surface area contributed by atoms with E-state index in [4.69, 9.17) is 28.6 Å². The van der Waals surface area contributed by atoms with Crippen LogP contribution in [0.4, 0.5) is 5.69 Å². The molecule has 0 aliphatic heterocycles. The fourth-order valence-electron chi connectivity index (χ4n) is 1.34. The number of likely N-dealkylation sites (N-methyl/N-ethyl adjacent to an activating group) is 1. The van der Waals surface area contributed by atoms with Crippen molar-refractivity contribution in [2.45, 2.75) is 0 Å². The van der Waals surface area contributed by atoms with E-state index in [1.165, 1.54) is 0 Å². The Bertz CT molecular complexity index is 412. The summed E-state index contributed by atoms with van der Waals surface area (Å²) in [5.41, 5.74) is 0.757. The van der Waals surface area contributed by atoms with Gasteiger partial charge in [0.2, 0.25) is 0 Å². The SMILES string of the molecule is COc1ccc(Cl)cc1NC(=S)NCCN(C)C. The lowest BCUT2D eigenvalue weighted by Gasteiger charge is -2.15. The third kappa shape index (κ3) is 5.08. The molecule has 1 aromatic carbocycles. The van der Waals surface area contributed by atoms with Crippen molar-refractivity contribution >= 4 is 34.6 Å². The van der Waals surface area contributed by atoms with Crippen LogP contribution in [0.3, 0.4) is 0 Å². The van der Waals surface area contributed by atoms with Crippen molar-refractivity contribution in [3.8, 4) is 5.75 Å². The quantitative estimate of drug-likeness (QED) is 0.812. The number of thiocarbonyl (C=S) groups is 1. The molecule has 0 saturated heterocycles. The van der Waals surface area contributed by atoms with Gasteiger partial charge in [-0.2, -0.15) is 0 Å². The maximum Gasteiger partial charge on any atom is 0.170 e. The predicted octanol–water partition coefficient (Wildman–Crippen LogP) is 2.20. The van der Waals surface area contributed by atoms with E-state index >= 15 is 0 Å². The molecule has 0 unspecified atom stereocenters. The first-order valence-corrected chi connectivity index (χ1v) is 6.34. The van der Waals surface area contributed by atoms with Gasteiger partial charge in [-0.05, 0) is 44.5 Å². The van der Waals surface area contributed by atoms with Crippen molar-refractivity contribution in [1.82, 2.24) is 10.2 Å². The summed E-state index contributed by atoms with van der Waals surface area (Å²) < 4.78 is 5.23. The summed E-state index contributed by atoms with van der Waals surface area (Å²) in [4.78, 5) is 2.08. The number of anilines is 1. The van der Waals surface area contributed by atoms with Gasteiger partial charge in [0.15, 0.2) is 5.11 Å². The van der Waals surface area contributed by atoms with Gasteiger partial charge < -0.3 is 20.3 Å². The molecule has 0 radical (unpaired) electrons. The standard InChI is InChI=1S/C12H18ClN3OS/c1-16(2)7-6-14-12(18)15-10-8-9(13)4-5-11(10)17-3/h4-5,8H,6-7H2,1-3H3,(H2,14,15,18). The van der Waals surface area contributed by atoms with Crippen LogP contribution < -0.4 is 15.4 Å². The first kappa shape index (κ1) is 15.0. The average molecular weight is 288 g/mol. The minimum Gasteiger partial charge on any atom is -0.495 e. The molecule has 0 aliphatic rings. The van der Waals surface area contributed by atoms with Crippen molar-refractivity contribution in [3.63, 3.8) is 0 Å². The maximum absolute atomic E-state index is 5.94. The number of hydrogen-bond acceptors (Lipinski definition) is 3. The Morgan fingerprint density at radius 3 is 2.78 bits per heavy atom. The van der Waals surface area contributed by atoms with Crippen molar-refractivity contribution in [1.29, 1.82) is 0 Å². The monoisotopic (exact) mass is 287 g/mol. The largest absolute Gasteiger partial charge is 0.495 e. The van der Waals surface area contributed by atoms with E-state index in [2.05, 4.69) is 15.5 Å². The Morgan fingerprint density at radius 1 is 1.44 bits per heavy atom. The highest BCUT2D eigenvalue weighted by atomic mass is 35.5. The Balaban J connectivity index is 2.55. The first-order chi connectivity index (χ1) is 8.52. The highest BCUT2D eigenvalue weighted by molar-refractivity contribution is 7.80. The summed E-state index contributed by atoms with van der Waals surface area (Å²) in [6, 6.07) is 5.35. The molecule has 18 heavy (non-hydrogen) atoms. The van der Waals surface area contributed by atoms with Gasteiger partial charge in [-0.15, -0.1) is 0 Å². The van der Waals surface area contributed by atoms with Gasteiger partial charge in [-0.3, -0.25) is 0 Å². The Morgan fingerprint density at radius 2 is 2.17 bits per heavy atom. The summed E-state index contributed by atoms with van der Waals surface area (Å²) in [5.74, 6) is 0.705. The van der Waals surface area contributed by atoms with Crippen LogP contribution in [0, 0.1) is 0 Å². The molecule has 0 spiro atoms. The van der Waals surface area contributed by atoms with Crippen molar-refractivity contribution in [3.05, 3.63) is 23.2 Å². The van der Waals surface area contributed by atoms with E-state index in [9.17, 15) is 0 Å². The van der Waals surface area contributed by atoms with Gasteiger partial charge in [-0.1, -0.05) is 11.6 Å². The number of halogens is 1. The van der Waals surface area contributed by atoms with Crippen molar-refractivity contribution in [2.75, 3.05) is 39.6 Å². The maximum atomic E-state index is 5.94. The zero-order chi connectivity index (χ0) is 13.5. The van der Waals surface area contributed by atoms with Crippen LogP contribution in [-0.2, 0) is 0 Å². The molecule has 4 nitrogen and oxygen atoms in total. The van der Waals surface area contributed by atoms with Crippen LogP contribution in [0.15, 0.2) is 18.2 Å². The van der Waals surface area contributed by atoms with Gasteiger partial charge in [0.05, 0.1) is 12.8 Å². The summed E-state index contributed by atoms with van der Waals surface area (Å²) >= 11 is 11.1. The molecule has 2 N–H and O–H groups in total. The van der Waals surface area contributed by atoms with Crippen LogP contribution >= 0.6 is 23.8 Å². The van der Waals surface area contributed by atoms with Crippen molar-refractivity contribution < 1.29 is 4.74 Å². The smallest absolute Gasteiger partial charge is 0.170 e. The van der Waals surface area contributed by atoms with Gasteiger partial charge in [0.25, 0.3) is 0 Å². The van der Waals surface area contributed by atoms with Gasteiger partial charge in [0.1, 0.15) is 5.75 Å². The summed E-state index contributed by atoms with van der Waals surface area (Å²) in [6.45, 7) is 1.69. The molecular formula is C12H18ClN3OS. The van der Waals surface area contributed by atoms with Crippen LogP contribution in [-0.4, -0.2) is 44.3 Å². The van der Waals surface area contributed by atoms with E-state index in [0.717, 1.165) is 18.8 Å². The van der Waals surface area contributed by atoms with Crippen LogP contribution in [0.1, 0.15) is 0 Å². The minimum atomic E-state index is 0.553. The molecule has 0 atom stereocenters. The Labute approximate surface area is 118 Å². The van der Waals surface area contributed by atoms with Crippen molar-refractivity contribution in [2.24, 2.45) is 0 Å². The van der Waals surface area contributed by atoms with Crippen LogP contribution in [0.25, 0.3) is 0 Å². The number of ether oxygens (including phenoxy) is 1. The number of rotatable bonds is 5. The second kappa shape index (κ2) is 7.41. The molecule has 6 heteroatoms. The lowest BCUT2D eigenvalue weighted by molar-refractivity contribution is 0.412. The number of hydrogen-bond donors (Lipinski definition) is 2. The normalized spacial score (nSPS) is 10.3. The molecule has 0 aromatic heterocycles. The second-order valence-electron chi connectivity index (χ2n) is 4.03. The first-order valence-electron chi connectivity index (χ1n) is 5.56. The van der Waals surface area contributed by atoms with E-state index in [-0.39, 0.29) is 0 Å². The van der Waals surface area contributed by atoms with Gasteiger partial charge >= 0.3 is 0 Å². The Hall–Kier alpha value is -1.04. The van der Waals surface area contributed by atoms with Crippen LogP contribution in [0.2, 0.25) is 5.02 Å². The van der Waals surface area contributed by atoms with Crippen LogP contribution in [0.5, 0.6) is 5.75 Å². The fourth-order valence-corrected chi connectivity index (χ4v) is 1.72. The molecule has 0 saturated carbocycles. The molecule has 1 rings (SSSR count). The zero-order valence-corrected chi connectivity index (χ0v) is 12.4. The van der Waals surface area contributed by atoms with E-state index in [1.807, 2.05) is 14.1 Å². The van der Waals surface area contributed by atoms with E-state index < -0.39 is 0 Å². The lowest BCUT2D eigenvalue weighted by Crippen LogP contribution is -2.34. The van der Waals surface area contributed by atoms with E-state index in [1.54, 1.807) is 25.3 Å². The average Bonchev–Trinajstić information content (AvgIpc) is 2.28.